The number of para-hydroxylation sites is 1. The smallest absolute Gasteiger partial charge is 0.243 e. The van der Waals surface area contributed by atoms with Crippen LogP contribution in [-0.4, -0.2) is 75.9 Å². The van der Waals surface area contributed by atoms with Gasteiger partial charge in [0.1, 0.15) is 5.75 Å². The first-order chi connectivity index (χ1) is 16.3. The lowest BCUT2D eigenvalue weighted by atomic mass is 9.98. The van der Waals surface area contributed by atoms with Crippen molar-refractivity contribution in [3.05, 3.63) is 48.5 Å². The summed E-state index contributed by atoms with van der Waals surface area (Å²) in [7, 11) is 1.76. The summed E-state index contributed by atoms with van der Waals surface area (Å²) in [6, 6.07) is 14.2. The third-order valence-electron chi connectivity index (χ3n) is 5.98. The van der Waals surface area contributed by atoms with Gasteiger partial charge in [-0.15, -0.1) is 0 Å². The van der Waals surface area contributed by atoms with Crippen molar-refractivity contribution in [1.29, 1.82) is 0 Å². The largest absolute Gasteiger partial charge is 0.497 e. The van der Waals surface area contributed by atoms with Crippen LogP contribution in [0.2, 0.25) is 0 Å². The molecule has 34 heavy (non-hydrogen) atoms. The summed E-state index contributed by atoms with van der Waals surface area (Å²) < 4.78 is 34.1. The first-order valence-electron chi connectivity index (χ1n) is 11.3. The predicted octanol–water partition coefficient (Wildman–Crippen LogP) is 3.30. The predicted molar refractivity (Wildman–Crippen MR) is 135 cm³/mol. The Morgan fingerprint density at radius 2 is 1.88 bits per heavy atom. The van der Waals surface area contributed by atoms with E-state index in [0.29, 0.717) is 43.4 Å². The molecule has 0 bridgehead atoms. The number of sulfonamides is 1. The topological polar surface area (TPSA) is 83.0 Å². The van der Waals surface area contributed by atoms with Gasteiger partial charge in [0.15, 0.2) is 5.13 Å². The number of rotatable bonds is 8. The maximum atomic E-state index is 13.7. The Labute approximate surface area is 204 Å². The number of carbonyl (C=O) groups is 1. The van der Waals surface area contributed by atoms with E-state index in [4.69, 9.17) is 9.72 Å². The van der Waals surface area contributed by atoms with Crippen molar-refractivity contribution >= 4 is 42.6 Å². The summed E-state index contributed by atoms with van der Waals surface area (Å²) in [5.41, 5.74) is 0.859. The second kappa shape index (κ2) is 10.4. The second-order valence-corrected chi connectivity index (χ2v) is 11.6. The summed E-state index contributed by atoms with van der Waals surface area (Å²) in [5.74, 6) is 0.101. The molecule has 0 spiro atoms. The molecule has 0 saturated carbocycles. The van der Waals surface area contributed by atoms with Gasteiger partial charge in [0, 0.05) is 26.2 Å². The average molecular weight is 503 g/mol. The molecule has 4 rings (SSSR count). The van der Waals surface area contributed by atoms with Crippen molar-refractivity contribution in [2.75, 3.05) is 52.3 Å². The molecule has 1 amide bonds. The van der Waals surface area contributed by atoms with E-state index in [1.54, 1.807) is 29.2 Å². The van der Waals surface area contributed by atoms with Gasteiger partial charge in [0.2, 0.25) is 15.9 Å². The minimum absolute atomic E-state index is 0.0736. The van der Waals surface area contributed by atoms with Gasteiger partial charge in [-0.1, -0.05) is 23.5 Å². The number of amides is 1. The number of nitrogens with zero attached hydrogens (tertiary/aromatic N) is 4. The first kappa shape index (κ1) is 24.6. The van der Waals surface area contributed by atoms with Crippen LogP contribution in [0.15, 0.2) is 53.4 Å². The molecule has 1 fully saturated rings. The highest BCUT2D eigenvalue weighted by Gasteiger charge is 2.36. The number of fused-ring (bicyclic) bond motifs is 1. The van der Waals surface area contributed by atoms with Crippen molar-refractivity contribution in [2.24, 2.45) is 5.92 Å². The van der Waals surface area contributed by atoms with Crippen LogP contribution in [0.4, 0.5) is 5.13 Å². The molecule has 1 saturated heterocycles. The number of hydrogen-bond acceptors (Lipinski definition) is 7. The fourth-order valence-corrected chi connectivity index (χ4v) is 6.58. The zero-order valence-corrected chi connectivity index (χ0v) is 21.3. The Kier molecular flexibility index (Phi) is 7.51. The van der Waals surface area contributed by atoms with Gasteiger partial charge in [-0.2, -0.15) is 4.31 Å². The van der Waals surface area contributed by atoms with E-state index in [2.05, 4.69) is 0 Å². The summed E-state index contributed by atoms with van der Waals surface area (Å²) in [5, 5.41) is 0.656. The number of piperidine rings is 1. The number of methoxy groups -OCH3 is 1. The number of anilines is 1. The van der Waals surface area contributed by atoms with E-state index >= 15 is 0 Å². The third kappa shape index (κ3) is 5.25. The fraction of sp³-hybridized carbons (Fsp3) is 0.417. The molecule has 0 aliphatic carbocycles. The molecular formula is C24H30N4O4S2. The average Bonchev–Trinajstić information content (AvgIpc) is 3.28. The van der Waals surface area contributed by atoms with E-state index in [0.717, 1.165) is 10.2 Å². The SMILES string of the molecule is COc1ccc(S(=O)(=O)N2CCCC(C(=O)N(CCN(C)C)c3nc4ccccc4s3)C2)cc1. The molecule has 10 heteroatoms. The number of aromatic nitrogens is 1. The molecule has 1 atom stereocenters. The van der Waals surface area contributed by atoms with E-state index in [9.17, 15) is 13.2 Å². The van der Waals surface area contributed by atoms with E-state index in [1.807, 2.05) is 43.3 Å². The van der Waals surface area contributed by atoms with Crippen LogP contribution >= 0.6 is 11.3 Å². The standard InChI is InChI=1S/C24H30N4O4S2/c1-26(2)15-16-28(24-25-21-8-4-5-9-22(21)33-24)23(29)18-7-6-14-27(17-18)34(30,31)20-12-10-19(32-3)11-13-20/h4-5,8-13,18H,6-7,14-17H2,1-3H3. The molecule has 1 aliphatic heterocycles. The minimum Gasteiger partial charge on any atom is -0.497 e. The lowest BCUT2D eigenvalue weighted by molar-refractivity contribution is -0.123. The Hall–Kier alpha value is -2.53. The maximum absolute atomic E-state index is 13.7. The molecule has 0 radical (unpaired) electrons. The Bertz CT molecular complexity index is 1210. The van der Waals surface area contributed by atoms with Crippen molar-refractivity contribution in [3.63, 3.8) is 0 Å². The summed E-state index contributed by atoms with van der Waals surface area (Å²) in [6.07, 6.45) is 1.28. The van der Waals surface area contributed by atoms with Crippen molar-refractivity contribution in [3.8, 4) is 5.75 Å². The van der Waals surface area contributed by atoms with Gasteiger partial charge >= 0.3 is 0 Å². The van der Waals surface area contributed by atoms with E-state index in [-0.39, 0.29) is 17.3 Å². The van der Waals surface area contributed by atoms with Crippen LogP contribution in [-0.2, 0) is 14.8 Å². The monoisotopic (exact) mass is 502 g/mol. The van der Waals surface area contributed by atoms with Gasteiger partial charge in [-0.3, -0.25) is 9.69 Å². The normalized spacial score (nSPS) is 17.2. The van der Waals surface area contributed by atoms with Gasteiger partial charge in [0.05, 0.1) is 28.1 Å². The highest BCUT2D eigenvalue weighted by molar-refractivity contribution is 7.89. The molecule has 182 valence electrons. The zero-order valence-electron chi connectivity index (χ0n) is 19.7. The number of hydrogen-bond donors (Lipinski definition) is 0. The molecule has 2 heterocycles. The van der Waals surface area contributed by atoms with E-state index < -0.39 is 15.9 Å². The molecule has 1 unspecified atom stereocenters. The highest BCUT2D eigenvalue weighted by atomic mass is 32.2. The molecular weight excluding hydrogens is 472 g/mol. The number of likely N-dealkylation sites (N-methyl/N-ethyl adjacent to an activating group) is 1. The van der Waals surface area contributed by atoms with Crippen LogP contribution in [0.5, 0.6) is 5.75 Å². The molecule has 8 nitrogen and oxygen atoms in total. The Morgan fingerprint density at radius 1 is 1.15 bits per heavy atom. The van der Waals surface area contributed by atoms with Crippen LogP contribution < -0.4 is 9.64 Å². The zero-order chi connectivity index (χ0) is 24.3. The number of benzene rings is 2. The van der Waals surface area contributed by atoms with Crippen LogP contribution in [0.3, 0.4) is 0 Å². The van der Waals surface area contributed by atoms with Gasteiger partial charge in [0.25, 0.3) is 0 Å². The van der Waals surface area contributed by atoms with Crippen LogP contribution in [0.25, 0.3) is 10.2 Å². The third-order valence-corrected chi connectivity index (χ3v) is 8.92. The van der Waals surface area contributed by atoms with Gasteiger partial charge in [-0.25, -0.2) is 13.4 Å². The molecule has 1 aliphatic rings. The summed E-state index contributed by atoms with van der Waals surface area (Å²) >= 11 is 1.49. The quantitative estimate of drug-likeness (QED) is 0.470. The van der Waals surface area contributed by atoms with Crippen LogP contribution in [0, 0.1) is 5.92 Å². The van der Waals surface area contributed by atoms with Crippen LogP contribution in [0.1, 0.15) is 12.8 Å². The number of thiazole rings is 1. The maximum Gasteiger partial charge on any atom is 0.243 e. The number of carbonyl (C=O) groups excluding carboxylic acids is 1. The van der Waals surface area contributed by atoms with Gasteiger partial charge < -0.3 is 9.64 Å². The van der Waals surface area contributed by atoms with Crippen molar-refractivity contribution in [2.45, 2.75) is 17.7 Å². The van der Waals surface area contributed by atoms with Crippen molar-refractivity contribution in [1.82, 2.24) is 14.2 Å². The minimum atomic E-state index is -3.70. The lowest BCUT2D eigenvalue weighted by Gasteiger charge is -2.34. The lowest BCUT2D eigenvalue weighted by Crippen LogP contribution is -2.48. The van der Waals surface area contributed by atoms with Gasteiger partial charge in [-0.05, 0) is 63.3 Å². The second-order valence-electron chi connectivity index (χ2n) is 8.64. The number of ether oxygens (including phenoxy) is 1. The molecule has 1 aromatic heterocycles. The fourth-order valence-electron chi connectivity index (χ4n) is 4.06. The summed E-state index contributed by atoms with van der Waals surface area (Å²) in [4.78, 5) is 22.4. The summed E-state index contributed by atoms with van der Waals surface area (Å²) in [6.45, 7) is 1.74. The molecule has 0 N–H and O–H groups in total. The van der Waals surface area contributed by atoms with E-state index in [1.165, 1.54) is 22.8 Å². The molecule has 2 aromatic carbocycles. The Morgan fingerprint density at radius 3 is 2.56 bits per heavy atom. The first-order valence-corrected chi connectivity index (χ1v) is 13.5. The molecule has 3 aromatic rings. The van der Waals surface area contributed by atoms with Crippen molar-refractivity contribution < 1.29 is 17.9 Å². The highest BCUT2D eigenvalue weighted by Crippen LogP contribution is 2.32. The Balaban J connectivity index is 1.57.